The van der Waals surface area contributed by atoms with Crippen LogP contribution in [-0.2, 0) is 9.53 Å². The summed E-state index contributed by atoms with van der Waals surface area (Å²) in [7, 11) is 0. The number of nitrogens with one attached hydrogen (secondary N) is 2. The Labute approximate surface area is 108 Å². The van der Waals surface area contributed by atoms with E-state index in [2.05, 4.69) is 31.5 Å². The first-order valence-corrected chi connectivity index (χ1v) is 6.21. The van der Waals surface area contributed by atoms with E-state index in [1.165, 1.54) is 0 Å². The quantitative estimate of drug-likeness (QED) is 0.858. The number of anilines is 1. The van der Waals surface area contributed by atoms with Crippen LogP contribution in [0.25, 0.3) is 0 Å². The lowest BCUT2D eigenvalue weighted by molar-refractivity contribution is -0.128. The van der Waals surface area contributed by atoms with Gasteiger partial charge in [-0.1, -0.05) is 0 Å². The van der Waals surface area contributed by atoms with E-state index in [1.807, 2.05) is 13.0 Å². The van der Waals surface area contributed by atoms with E-state index in [9.17, 15) is 4.79 Å². The Morgan fingerprint density at radius 1 is 1.71 bits per heavy atom. The predicted octanol–water partition coefficient (Wildman–Crippen LogP) is 1.08. The minimum Gasteiger partial charge on any atom is -0.366 e. The van der Waals surface area contributed by atoms with Crippen molar-refractivity contribution in [3.8, 4) is 0 Å². The van der Waals surface area contributed by atoms with Gasteiger partial charge in [-0.3, -0.25) is 4.79 Å². The Kier molecular flexibility index (Phi) is 4.09. The first kappa shape index (κ1) is 12.5. The van der Waals surface area contributed by atoms with Gasteiger partial charge in [-0.15, -0.1) is 0 Å². The third kappa shape index (κ3) is 3.24. The van der Waals surface area contributed by atoms with Gasteiger partial charge < -0.3 is 15.4 Å². The van der Waals surface area contributed by atoms with Crippen LogP contribution in [0.2, 0.25) is 0 Å². The zero-order valence-corrected chi connectivity index (χ0v) is 11.1. The van der Waals surface area contributed by atoms with E-state index in [1.54, 1.807) is 6.20 Å². The molecule has 1 aliphatic rings. The summed E-state index contributed by atoms with van der Waals surface area (Å²) in [6.45, 7) is 3.79. The van der Waals surface area contributed by atoms with Crippen molar-refractivity contribution in [1.82, 2.24) is 10.3 Å². The molecule has 0 aromatic carbocycles. The van der Waals surface area contributed by atoms with Gasteiger partial charge in [0.15, 0.2) is 0 Å². The number of carbonyl (C=O) groups excluding carboxylic acids is 1. The summed E-state index contributed by atoms with van der Waals surface area (Å²) in [5, 5.41) is 5.88. The zero-order valence-electron chi connectivity index (χ0n) is 9.50. The molecule has 1 aromatic rings. The maximum Gasteiger partial charge on any atom is 0.255 e. The van der Waals surface area contributed by atoms with Crippen molar-refractivity contribution in [2.75, 3.05) is 25.0 Å². The molecule has 1 aliphatic heterocycles. The molecule has 17 heavy (non-hydrogen) atoms. The molecule has 0 aliphatic carbocycles. The number of hydrogen-bond donors (Lipinski definition) is 2. The summed E-state index contributed by atoms with van der Waals surface area (Å²) in [5.41, 5.74) is 0.913. The van der Waals surface area contributed by atoms with E-state index in [0.29, 0.717) is 19.0 Å². The van der Waals surface area contributed by atoms with Crippen molar-refractivity contribution >= 4 is 27.7 Å². The summed E-state index contributed by atoms with van der Waals surface area (Å²) in [6.07, 6.45) is 1.22. The van der Waals surface area contributed by atoms with Crippen LogP contribution in [-0.4, -0.2) is 36.7 Å². The number of halogens is 1. The number of morpholine rings is 1. The Hall–Kier alpha value is -0.980. The Morgan fingerprint density at radius 3 is 3.18 bits per heavy atom. The highest BCUT2D eigenvalue weighted by Crippen LogP contribution is 2.17. The fraction of sp³-hybridized carbons (Fsp3) is 0.455. The lowest BCUT2D eigenvalue weighted by Gasteiger charge is -2.22. The van der Waals surface area contributed by atoms with Gasteiger partial charge in [0.1, 0.15) is 11.9 Å². The number of carbonyl (C=O) groups is 1. The van der Waals surface area contributed by atoms with Crippen molar-refractivity contribution in [3.05, 3.63) is 22.3 Å². The third-order valence-corrected chi connectivity index (χ3v) is 2.94. The van der Waals surface area contributed by atoms with Crippen molar-refractivity contribution in [3.63, 3.8) is 0 Å². The zero-order chi connectivity index (χ0) is 12.3. The van der Waals surface area contributed by atoms with Crippen molar-refractivity contribution < 1.29 is 9.53 Å². The second-order valence-electron chi connectivity index (χ2n) is 3.87. The molecule has 1 aromatic heterocycles. The lowest BCUT2D eigenvalue weighted by atomic mass is 10.2. The topological polar surface area (TPSA) is 63.2 Å². The molecule has 1 fully saturated rings. The van der Waals surface area contributed by atoms with E-state index >= 15 is 0 Å². The summed E-state index contributed by atoms with van der Waals surface area (Å²) >= 11 is 3.33. The first-order valence-electron chi connectivity index (χ1n) is 5.42. The smallest absolute Gasteiger partial charge is 0.255 e. The molecule has 0 radical (unpaired) electrons. The summed E-state index contributed by atoms with van der Waals surface area (Å²) in [5.74, 6) is 0.419. The van der Waals surface area contributed by atoms with Crippen LogP contribution in [0, 0.1) is 6.92 Å². The van der Waals surface area contributed by atoms with Gasteiger partial charge in [0.05, 0.1) is 6.61 Å². The highest BCUT2D eigenvalue weighted by molar-refractivity contribution is 9.10. The van der Waals surface area contributed by atoms with Gasteiger partial charge in [0.25, 0.3) is 5.91 Å². The monoisotopic (exact) mass is 299 g/mol. The van der Waals surface area contributed by atoms with Gasteiger partial charge in [-0.25, -0.2) is 4.98 Å². The molecule has 0 spiro atoms. The van der Waals surface area contributed by atoms with Gasteiger partial charge in [0, 0.05) is 23.8 Å². The maximum absolute atomic E-state index is 11.9. The molecule has 1 amide bonds. The molecular formula is C11H14BrN3O2. The number of nitrogens with zero attached hydrogens (tertiary/aromatic N) is 1. The molecule has 0 bridgehead atoms. The molecule has 0 saturated carbocycles. The maximum atomic E-state index is 11.9. The molecule has 1 saturated heterocycles. The minimum absolute atomic E-state index is 0.157. The molecule has 6 heteroatoms. The number of rotatable bonds is 2. The molecule has 2 heterocycles. The average molecular weight is 300 g/mol. The first-order chi connectivity index (χ1) is 8.16. The predicted molar refractivity (Wildman–Crippen MR) is 67.9 cm³/mol. The molecular weight excluding hydrogens is 286 g/mol. The second kappa shape index (κ2) is 5.57. The van der Waals surface area contributed by atoms with E-state index in [-0.39, 0.29) is 5.91 Å². The Morgan fingerprint density at radius 2 is 2.53 bits per heavy atom. The van der Waals surface area contributed by atoms with Crippen molar-refractivity contribution in [1.29, 1.82) is 0 Å². The Bertz CT molecular complexity index is 419. The highest BCUT2D eigenvalue weighted by atomic mass is 79.9. The van der Waals surface area contributed by atoms with Crippen molar-refractivity contribution in [2.45, 2.75) is 13.0 Å². The normalized spacial score (nSPS) is 20.0. The average Bonchev–Trinajstić information content (AvgIpc) is 2.34. The number of aryl methyl sites for hydroxylation is 1. The van der Waals surface area contributed by atoms with E-state index < -0.39 is 6.10 Å². The number of aromatic nitrogens is 1. The van der Waals surface area contributed by atoms with Crippen LogP contribution in [0.1, 0.15) is 5.56 Å². The molecule has 2 N–H and O–H groups in total. The second-order valence-corrected chi connectivity index (χ2v) is 4.79. The van der Waals surface area contributed by atoms with Crippen molar-refractivity contribution in [2.24, 2.45) is 0 Å². The standard InChI is InChI=1S/C11H14BrN3O2/c1-7-4-8(12)5-14-10(7)15-11(16)9-6-13-2-3-17-9/h4-5,9,13H,2-3,6H2,1H3,(H,14,15,16). The van der Waals surface area contributed by atoms with Gasteiger partial charge >= 0.3 is 0 Å². The van der Waals surface area contributed by atoms with Crippen LogP contribution < -0.4 is 10.6 Å². The van der Waals surface area contributed by atoms with E-state index in [0.717, 1.165) is 16.6 Å². The number of pyridine rings is 1. The van der Waals surface area contributed by atoms with E-state index in [4.69, 9.17) is 4.74 Å². The number of ether oxygens (including phenoxy) is 1. The van der Waals surface area contributed by atoms with Crippen LogP contribution in [0.5, 0.6) is 0 Å². The third-order valence-electron chi connectivity index (χ3n) is 2.51. The number of amides is 1. The summed E-state index contributed by atoms with van der Waals surface area (Å²) in [6, 6.07) is 1.91. The lowest BCUT2D eigenvalue weighted by Crippen LogP contribution is -2.45. The fourth-order valence-electron chi connectivity index (χ4n) is 1.60. The van der Waals surface area contributed by atoms with Crippen LogP contribution in [0.15, 0.2) is 16.7 Å². The fourth-order valence-corrected chi connectivity index (χ4v) is 2.05. The summed E-state index contributed by atoms with van der Waals surface area (Å²) in [4.78, 5) is 16.0. The number of hydrogen-bond acceptors (Lipinski definition) is 4. The highest BCUT2D eigenvalue weighted by Gasteiger charge is 2.22. The van der Waals surface area contributed by atoms with Crippen LogP contribution in [0.3, 0.4) is 0 Å². The van der Waals surface area contributed by atoms with Crippen LogP contribution >= 0.6 is 15.9 Å². The van der Waals surface area contributed by atoms with Gasteiger partial charge in [0.2, 0.25) is 0 Å². The van der Waals surface area contributed by atoms with Gasteiger partial charge in [-0.05, 0) is 34.5 Å². The van der Waals surface area contributed by atoms with Gasteiger partial charge in [-0.2, -0.15) is 0 Å². The molecule has 2 rings (SSSR count). The largest absolute Gasteiger partial charge is 0.366 e. The Balaban J connectivity index is 2.02. The minimum atomic E-state index is -0.436. The molecule has 1 atom stereocenters. The SMILES string of the molecule is Cc1cc(Br)cnc1NC(=O)C1CNCCO1. The van der Waals surface area contributed by atoms with Crippen LogP contribution in [0.4, 0.5) is 5.82 Å². The molecule has 1 unspecified atom stereocenters. The molecule has 5 nitrogen and oxygen atoms in total. The molecule has 92 valence electrons. The summed E-state index contributed by atoms with van der Waals surface area (Å²) < 4.78 is 6.26.